The molecule has 0 aromatic rings. The molecule has 13 heavy (non-hydrogen) atoms. The highest BCUT2D eigenvalue weighted by molar-refractivity contribution is 4.79. The van der Waals surface area contributed by atoms with Gasteiger partial charge in [-0.05, 0) is 38.5 Å². The maximum atomic E-state index is 5.97. The molecule has 1 fully saturated rings. The molecule has 3 unspecified atom stereocenters. The van der Waals surface area contributed by atoms with Gasteiger partial charge in [0.15, 0.2) is 0 Å². The predicted molar refractivity (Wildman–Crippen MR) is 55.6 cm³/mol. The molecule has 0 aromatic heterocycles. The van der Waals surface area contributed by atoms with Crippen molar-refractivity contribution < 1.29 is 4.74 Å². The summed E-state index contributed by atoms with van der Waals surface area (Å²) in [6.45, 7) is 5.19. The summed E-state index contributed by atoms with van der Waals surface area (Å²) in [7, 11) is 0. The zero-order valence-electron chi connectivity index (χ0n) is 8.96. The van der Waals surface area contributed by atoms with Crippen LogP contribution in [-0.2, 0) is 4.74 Å². The Morgan fingerprint density at radius 1 is 1.46 bits per heavy atom. The Labute approximate surface area is 81.8 Å². The van der Waals surface area contributed by atoms with Crippen LogP contribution in [0.25, 0.3) is 0 Å². The van der Waals surface area contributed by atoms with Crippen LogP contribution in [0.4, 0.5) is 0 Å². The minimum Gasteiger partial charge on any atom is -0.379 e. The van der Waals surface area contributed by atoms with Crippen LogP contribution >= 0.6 is 0 Å². The van der Waals surface area contributed by atoms with E-state index in [1.807, 2.05) is 0 Å². The quantitative estimate of drug-likeness (QED) is 0.713. The summed E-state index contributed by atoms with van der Waals surface area (Å²) in [5.74, 6) is 0.726. The average Bonchev–Trinajstić information content (AvgIpc) is 2.52. The lowest BCUT2D eigenvalue weighted by Gasteiger charge is -2.16. The molecule has 0 radical (unpaired) electrons. The normalized spacial score (nSPS) is 30.7. The Balaban J connectivity index is 2.05. The van der Waals surface area contributed by atoms with E-state index in [0.29, 0.717) is 12.1 Å². The summed E-state index contributed by atoms with van der Waals surface area (Å²) in [6, 6.07) is 0.445. The Morgan fingerprint density at radius 3 is 2.77 bits per heavy atom. The van der Waals surface area contributed by atoms with Crippen LogP contribution in [-0.4, -0.2) is 18.8 Å². The van der Waals surface area contributed by atoms with Gasteiger partial charge in [-0.25, -0.2) is 0 Å². The molecule has 0 bridgehead atoms. The van der Waals surface area contributed by atoms with Gasteiger partial charge < -0.3 is 10.5 Å². The molecular weight excluding hydrogens is 162 g/mol. The number of hydrogen-bond donors (Lipinski definition) is 1. The molecule has 78 valence electrons. The van der Waals surface area contributed by atoms with Crippen LogP contribution in [0, 0.1) is 5.92 Å². The highest BCUT2D eigenvalue weighted by atomic mass is 16.5. The van der Waals surface area contributed by atoms with Crippen molar-refractivity contribution >= 4 is 0 Å². The van der Waals surface area contributed by atoms with Gasteiger partial charge in [0, 0.05) is 12.6 Å². The van der Waals surface area contributed by atoms with Gasteiger partial charge >= 0.3 is 0 Å². The van der Waals surface area contributed by atoms with Crippen molar-refractivity contribution in [3.8, 4) is 0 Å². The van der Waals surface area contributed by atoms with Crippen molar-refractivity contribution in [3.63, 3.8) is 0 Å². The minimum absolute atomic E-state index is 0.414. The van der Waals surface area contributed by atoms with Gasteiger partial charge in [0.05, 0.1) is 6.10 Å². The molecule has 1 aliphatic rings. The molecule has 0 heterocycles. The van der Waals surface area contributed by atoms with Crippen LogP contribution in [0.15, 0.2) is 0 Å². The minimum atomic E-state index is 0.414. The van der Waals surface area contributed by atoms with E-state index in [1.54, 1.807) is 0 Å². The zero-order valence-corrected chi connectivity index (χ0v) is 8.96. The predicted octanol–water partition coefficient (Wildman–Crippen LogP) is 2.32. The third-order valence-electron chi connectivity index (χ3n) is 3.18. The van der Waals surface area contributed by atoms with E-state index in [9.17, 15) is 0 Å². The number of ether oxygens (including phenoxy) is 1. The Morgan fingerprint density at radius 2 is 2.23 bits per heavy atom. The molecule has 1 aliphatic carbocycles. The first kappa shape index (κ1) is 11.0. The van der Waals surface area contributed by atoms with E-state index in [4.69, 9.17) is 10.5 Å². The van der Waals surface area contributed by atoms with Crippen LogP contribution in [0.3, 0.4) is 0 Å². The van der Waals surface area contributed by atoms with Crippen molar-refractivity contribution in [2.24, 2.45) is 11.7 Å². The maximum Gasteiger partial charge on any atom is 0.0544 e. The second kappa shape index (κ2) is 5.61. The molecule has 1 rings (SSSR count). The second-order valence-corrected chi connectivity index (χ2v) is 4.23. The molecule has 0 aromatic carbocycles. The maximum absolute atomic E-state index is 5.97. The first-order valence-corrected chi connectivity index (χ1v) is 5.61. The third kappa shape index (κ3) is 3.65. The van der Waals surface area contributed by atoms with E-state index in [2.05, 4.69) is 13.8 Å². The highest BCUT2D eigenvalue weighted by Crippen LogP contribution is 2.26. The fourth-order valence-corrected chi connectivity index (χ4v) is 1.96. The van der Waals surface area contributed by atoms with Gasteiger partial charge in [-0.2, -0.15) is 0 Å². The van der Waals surface area contributed by atoms with Crippen LogP contribution in [0.5, 0.6) is 0 Å². The van der Waals surface area contributed by atoms with Crippen molar-refractivity contribution in [1.82, 2.24) is 0 Å². The Kier molecular flexibility index (Phi) is 4.74. The molecular formula is C11H23NO. The first-order chi connectivity index (χ1) is 6.24. The summed E-state index contributed by atoms with van der Waals surface area (Å²) in [5, 5.41) is 0. The van der Waals surface area contributed by atoms with Gasteiger partial charge in [0.1, 0.15) is 0 Å². The molecule has 2 nitrogen and oxygen atoms in total. The van der Waals surface area contributed by atoms with E-state index in [0.717, 1.165) is 25.4 Å². The number of hydrogen-bond acceptors (Lipinski definition) is 2. The standard InChI is InChI=1S/C11H23NO/c1-3-9(2)13-8-7-10-5-4-6-11(10)12/h9-11H,3-8,12H2,1-2H3. The third-order valence-corrected chi connectivity index (χ3v) is 3.18. The van der Waals surface area contributed by atoms with Gasteiger partial charge in [0.25, 0.3) is 0 Å². The Hall–Kier alpha value is -0.0800. The van der Waals surface area contributed by atoms with Crippen molar-refractivity contribution in [1.29, 1.82) is 0 Å². The lowest BCUT2D eigenvalue weighted by molar-refractivity contribution is 0.0535. The summed E-state index contributed by atoms with van der Waals surface area (Å²) in [4.78, 5) is 0. The molecule has 0 saturated heterocycles. The monoisotopic (exact) mass is 185 g/mol. The lowest BCUT2D eigenvalue weighted by atomic mass is 10.0. The van der Waals surface area contributed by atoms with E-state index >= 15 is 0 Å². The SMILES string of the molecule is CCC(C)OCCC1CCCC1N. The summed E-state index contributed by atoms with van der Waals surface area (Å²) >= 11 is 0. The first-order valence-electron chi connectivity index (χ1n) is 5.61. The summed E-state index contributed by atoms with van der Waals surface area (Å²) in [5.41, 5.74) is 5.97. The smallest absolute Gasteiger partial charge is 0.0544 e. The molecule has 0 aliphatic heterocycles. The lowest BCUT2D eigenvalue weighted by Crippen LogP contribution is -2.25. The van der Waals surface area contributed by atoms with Crippen molar-refractivity contribution in [2.45, 2.75) is 58.1 Å². The number of rotatable bonds is 5. The van der Waals surface area contributed by atoms with Crippen molar-refractivity contribution in [2.75, 3.05) is 6.61 Å². The Bertz CT molecular complexity index is 138. The van der Waals surface area contributed by atoms with Crippen molar-refractivity contribution in [3.05, 3.63) is 0 Å². The van der Waals surface area contributed by atoms with Gasteiger partial charge in [-0.15, -0.1) is 0 Å². The van der Waals surface area contributed by atoms with E-state index < -0.39 is 0 Å². The van der Waals surface area contributed by atoms with Gasteiger partial charge in [-0.3, -0.25) is 0 Å². The molecule has 2 heteroatoms. The van der Waals surface area contributed by atoms with Gasteiger partial charge in [-0.1, -0.05) is 13.3 Å². The number of nitrogens with two attached hydrogens (primary N) is 1. The van der Waals surface area contributed by atoms with Crippen LogP contribution < -0.4 is 5.73 Å². The summed E-state index contributed by atoms with van der Waals surface area (Å²) < 4.78 is 5.65. The molecule has 1 saturated carbocycles. The fourth-order valence-electron chi connectivity index (χ4n) is 1.96. The van der Waals surface area contributed by atoms with E-state index in [-0.39, 0.29) is 0 Å². The second-order valence-electron chi connectivity index (χ2n) is 4.23. The van der Waals surface area contributed by atoms with Crippen LogP contribution in [0.1, 0.15) is 46.0 Å². The highest BCUT2D eigenvalue weighted by Gasteiger charge is 2.23. The zero-order chi connectivity index (χ0) is 9.68. The van der Waals surface area contributed by atoms with Gasteiger partial charge in [0.2, 0.25) is 0 Å². The van der Waals surface area contributed by atoms with E-state index in [1.165, 1.54) is 19.3 Å². The fraction of sp³-hybridized carbons (Fsp3) is 1.00. The largest absolute Gasteiger partial charge is 0.379 e. The molecule has 0 amide bonds. The molecule has 2 N–H and O–H groups in total. The molecule has 3 atom stereocenters. The summed E-state index contributed by atoms with van der Waals surface area (Å²) in [6.07, 6.45) is 6.52. The average molecular weight is 185 g/mol. The van der Waals surface area contributed by atoms with Crippen LogP contribution in [0.2, 0.25) is 0 Å². The topological polar surface area (TPSA) is 35.2 Å². The molecule has 0 spiro atoms.